The van der Waals surface area contributed by atoms with Crippen LogP contribution in [0.4, 0.5) is 0 Å². The van der Waals surface area contributed by atoms with E-state index in [0.29, 0.717) is 0 Å². The second kappa shape index (κ2) is 10.5. The molecule has 0 heterocycles. The van der Waals surface area contributed by atoms with E-state index in [-0.39, 0.29) is 0 Å². The molecule has 0 unspecified atom stereocenters. The van der Waals surface area contributed by atoms with E-state index in [4.69, 9.17) is 0 Å². The third-order valence-corrected chi connectivity index (χ3v) is 11.0. The zero-order chi connectivity index (χ0) is 32.8. The standard InChI is InChI=1S/C50H30/c1-5-15-31(16-6-1)35-25-26-36(32-17-7-2-8-18-32)46-40-28-30-42-48-41(29-27-39(45(35)46)47(40)48)49-43(33-19-9-3-10-20-33)37-23-13-14-24-38(37)44(50(42)49)34-21-11-4-12-22-34/h1-30H. The van der Waals surface area contributed by atoms with Crippen LogP contribution in [-0.4, -0.2) is 0 Å². The molecule has 0 N–H and O–H groups in total. The van der Waals surface area contributed by atoms with Crippen LogP contribution in [0, 0.1) is 0 Å². The van der Waals surface area contributed by atoms with Crippen molar-refractivity contribution in [3.8, 4) is 89.0 Å². The lowest BCUT2D eigenvalue weighted by atomic mass is 9.82. The average molecular weight is 631 g/mol. The Labute approximate surface area is 291 Å². The zero-order valence-electron chi connectivity index (χ0n) is 27.3. The van der Waals surface area contributed by atoms with Gasteiger partial charge in [-0.25, -0.2) is 0 Å². The van der Waals surface area contributed by atoms with Gasteiger partial charge in [0, 0.05) is 0 Å². The van der Waals surface area contributed by atoms with E-state index in [0.717, 1.165) is 0 Å². The number of rotatable bonds is 4. The van der Waals surface area contributed by atoms with Crippen molar-refractivity contribution in [2.75, 3.05) is 0 Å². The molecule has 11 rings (SSSR count). The molecular weight excluding hydrogens is 601 g/mol. The quantitative estimate of drug-likeness (QED) is 0.181. The molecule has 2 aliphatic rings. The first kappa shape index (κ1) is 27.5. The maximum atomic E-state index is 2.42. The van der Waals surface area contributed by atoms with Crippen molar-refractivity contribution in [1.29, 1.82) is 0 Å². The summed E-state index contributed by atoms with van der Waals surface area (Å²) < 4.78 is 0. The number of hydrogen-bond donors (Lipinski definition) is 0. The Morgan fingerprint density at radius 3 is 0.820 bits per heavy atom. The Morgan fingerprint density at radius 2 is 0.460 bits per heavy atom. The normalized spacial score (nSPS) is 12.0. The molecule has 0 amide bonds. The van der Waals surface area contributed by atoms with E-state index in [1.54, 1.807) is 0 Å². The second-order valence-corrected chi connectivity index (χ2v) is 13.5. The summed E-state index contributed by atoms with van der Waals surface area (Å²) in [6.45, 7) is 0. The molecule has 0 saturated heterocycles. The van der Waals surface area contributed by atoms with Gasteiger partial charge in [-0.05, 0) is 111 Å². The minimum atomic E-state index is 1.25. The lowest BCUT2D eigenvalue weighted by Crippen LogP contribution is -1.93. The van der Waals surface area contributed by atoms with Crippen LogP contribution >= 0.6 is 0 Å². The first-order chi connectivity index (χ1) is 24.9. The molecule has 0 aliphatic heterocycles. The summed E-state index contributed by atoms with van der Waals surface area (Å²) in [5, 5.41) is 5.32. The first-order valence-corrected chi connectivity index (χ1v) is 17.5. The highest BCUT2D eigenvalue weighted by Gasteiger charge is 2.35. The molecule has 0 saturated carbocycles. The van der Waals surface area contributed by atoms with Gasteiger partial charge < -0.3 is 0 Å². The van der Waals surface area contributed by atoms with Crippen molar-refractivity contribution >= 4 is 21.5 Å². The van der Waals surface area contributed by atoms with Crippen LogP contribution in [0.2, 0.25) is 0 Å². The maximum absolute atomic E-state index is 2.42. The van der Waals surface area contributed by atoms with Crippen molar-refractivity contribution < 1.29 is 0 Å². The third-order valence-electron chi connectivity index (χ3n) is 11.0. The Balaban J connectivity index is 1.30. The minimum Gasteiger partial charge on any atom is -0.0622 e. The molecule has 0 bridgehead atoms. The summed E-state index contributed by atoms with van der Waals surface area (Å²) in [5.74, 6) is 0. The SMILES string of the molecule is c1ccc(-c2ccc(-c3ccccc3)c3c2-c2ccc4c5c(ccc-3c25)-c2c-4c(-c3ccccc3)c3ccccc3c2-c2ccccc2)cc1. The van der Waals surface area contributed by atoms with Gasteiger partial charge in [-0.15, -0.1) is 0 Å². The number of benzene rings is 9. The minimum absolute atomic E-state index is 1.25. The van der Waals surface area contributed by atoms with Crippen molar-refractivity contribution in [2.24, 2.45) is 0 Å². The smallest absolute Gasteiger partial charge is 0.000740 e. The van der Waals surface area contributed by atoms with Crippen LogP contribution in [0.5, 0.6) is 0 Å². The molecule has 0 spiro atoms. The average Bonchev–Trinajstić information content (AvgIpc) is 3.71. The van der Waals surface area contributed by atoms with Gasteiger partial charge in [0.1, 0.15) is 0 Å². The Bertz CT molecular complexity index is 2620. The van der Waals surface area contributed by atoms with E-state index >= 15 is 0 Å². The zero-order valence-corrected chi connectivity index (χ0v) is 27.3. The van der Waals surface area contributed by atoms with Gasteiger partial charge in [-0.3, -0.25) is 0 Å². The second-order valence-electron chi connectivity index (χ2n) is 13.5. The molecule has 0 nitrogen and oxygen atoms in total. The molecule has 0 radical (unpaired) electrons. The molecule has 0 atom stereocenters. The predicted molar refractivity (Wildman–Crippen MR) is 212 cm³/mol. The molecule has 0 heteroatoms. The predicted octanol–water partition coefficient (Wildman–Crippen LogP) is 14.0. The van der Waals surface area contributed by atoms with Crippen molar-refractivity contribution in [1.82, 2.24) is 0 Å². The van der Waals surface area contributed by atoms with E-state index < -0.39 is 0 Å². The molecule has 9 aromatic carbocycles. The lowest BCUT2D eigenvalue weighted by Gasteiger charge is -2.20. The monoisotopic (exact) mass is 630 g/mol. The van der Waals surface area contributed by atoms with Crippen molar-refractivity contribution in [3.05, 3.63) is 182 Å². The van der Waals surface area contributed by atoms with Crippen LogP contribution in [0.3, 0.4) is 0 Å². The molecule has 0 aromatic heterocycles. The van der Waals surface area contributed by atoms with E-state index in [1.165, 1.54) is 111 Å². The van der Waals surface area contributed by atoms with Gasteiger partial charge in [0.05, 0.1) is 0 Å². The molecule has 230 valence electrons. The van der Waals surface area contributed by atoms with Gasteiger partial charge in [0.2, 0.25) is 0 Å². The van der Waals surface area contributed by atoms with Gasteiger partial charge in [-0.1, -0.05) is 182 Å². The largest absolute Gasteiger partial charge is 0.0622 e. The number of fused-ring (bicyclic) bond motifs is 7. The van der Waals surface area contributed by atoms with Gasteiger partial charge in [0.15, 0.2) is 0 Å². The van der Waals surface area contributed by atoms with Crippen LogP contribution < -0.4 is 0 Å². The molecule has 2 aliphatic carbocycles. The fourth-order valence-electron chi connectivity index (χ4n) is 8.99. The summed E-state index contributed by atoms with van der Waals surface area (Å²) in [6, 6.07) is 67.2. The highest BCUT2D eigenvalue weighted by Crippen LogP contribution is 2.63. The third kappa shape index (κ3) is 3.71. The van der Waals surface area contributed by atoms with Crippen LogP contribution in [0.1, 0.15) is 0 Å². The summed E-state index contributed by atoms with van der Waals surface area (Å²) in [7, 11) is 0. The molecular formula is C50H30. The van der Waals surface area contributed by atoms with E-state index in [1.807, 2.05) is 0 Å². The van der Waals surface area contributed by atoms with Gasteiger partial charge in [0.25, 0.3) is 0 Å². The lowest BCUT2D eigenvalue weighted by molar-refractivity contribution is 1.59. The van der Waals surface area contributed by atoms with Crippen molar-refractivity contribution in [2.45, 2.75) is 0 Å². The summed E-state index contributed by atoms with van der Waals surface area (Å²) >= 11 is 0. The van der Waals surface area contributed by atoms with Crippen LogP contribution in [0.15, 0.2) is 182 Å². The fraction of sp³-hybridized carbons (Fsp3) is 0. The number of hydrogen-bond acceptors (Lipinski definition) is 0. The van der Waals surface area contributed by atoms with Crippen LogP contribution in [0.25, 0.3) is 111 Å². The van der Waals surface area contributed by atoms with Crippen LogP contribution in [-0.2, 0) is 0 Å². The Hall–Kier alpha value is -6.50. The van der Waals surface area contributed by atoms with E-state index in [2.05, 4.69) is 182 Å². The highest BCUT2D eigenvalue weighted by atomic mass is 14.4. The van der Waals surface area contributed by atoms with Crippen molar-refractivity contribution in [3.63, 3.8) is 0 Å². The highest BCUT2D eigenvalue weighted by molar-refractivity contribution is 6.33. The summed E-state index contributed by atoms with van der Waals surface area (Å²) in [4.78, 5) is 0. The van der Waals surface area contributed by atoms with E-state index in [9.17, 15) is 0 Å². The molecule has 0 fully saturated rings. The topological polar surface area (TPSA) is 0 Å². The summed E-state index contributed by atoms with van der Waals surface area (Å²) in [6.07, 6.45) is 0. The Kier molecular flexibility index (Phi) is 5.76. The molecule has 9 aromatic rings. The van der Waals surface area contributed by atoms with Gasteiger partial charge >= 0.3 is 0 Å². The maximum Gasteiger partial charge on any atom is -0.000740 e. The first-order valence-electron chi connectivity index (χ1n) is 17.5. The molecule has 50 heavy (non-hydrogen) atoms. The Morgan fingerprint density at radius 1 is 0.180 bits per heavy atom. The van der Waals surface area contributed by atoms with Gasteiger partial charge in [-0.2, -0.15) is 0 Å². The summed E-state index contributed by atoms with van der Waals surface area (Å²) in [5.41, 5.74) is 20.9. The fourth-order valence-corrected chi connectivity index (χ4v) is 8.99.